The van der Waals surface area contributed by atoms with Crippen molar-refractivity contribution in [2.24, 2.45) is 0 Å². The molecule has 5 heteroatoms. The van der Waals surface area contributed by atoms with Gasteiger partial charge >= 0.3 is 5.97 Å². The van der Waals surface area contributed by atoms with E-state index in [0.29, 0.717) is 17.1 Å². The molecule has 2 rings (SSSR count). The second-order valence-corrected chi connectivity index (χ2v) is 5.51. The van der Waals surface area contributed by atoms with Gasteiger partial charge in [-0.05, 0) is 62.2 Å². The Morgan fingerprint density at radius 3 is 2.21 bits per heavy atom. The zero-order chi connectivity index (χ0) is 17.7. The number of ketones is 1. The highest BCUT2D eigenvalue weighted by Crippen LogP contribution is 2.28. The zero-order valence-corrected chi connectivity index (χ0v) is 14.2. The van der Waals surface area contributed by atoms with Crippen molar-refractivity contribution >= 4 is 11.8 Å². The van der Waals surface area contributed by atoms with Gasteiger partial charge in [0.15, 0.2) is 23.9 Å². The summed E-state index contributed by atoms with van der Waals surface area (Å²) < 4.78 is 15.9. The summed E-state index contributed by atoms with van der Waals surface area (Å²) in [6.07, 6.45) is 0. The summed E-state index contributed by atoms with van der Waals surface area (Å²) in [5.41, 5.74) is 2.60. The maximum absolute atomic E-state index is 12.0. The second-order valence-electron chi connectivity index (χ2n) is 5.51. The van der Waals surface area contributed by atoms with Gasteiger partial charge in [0.1, 0.15) is 5.75 Å². The molecular formula is C19H20O5. The van der Waals surface area contributed by atoms with E-state index in [0.717, 1.165) is 11.1 Å². The third kappa shape index (κ3) is 4.59. The molecule has 2 aromatic rings. The normalized spacial score (nSPS) is 10.2. The molecule has 0 spiro atoms. The van der Waals surface area contributed by atoms with Crippen LogP contribution in [0.1, 0.15) is 28.4 Å². The molecule has 0 aromatic heterocycles. The van der Waals surface area contributed by atoms with Gasteiger partial charge in [-0.1, -0.05) is 6.07 Å². The summed E-state index contributed by atoms with van der Waals surface area (Å²) in [6.45, 7) is 5.15. The fourth-order valence-electron chi connectivity index (χ4n) is 2.28. The minimum atomic E-state index is -0.553. The quantitative estimate of drug-likeness (QED) is 0.461. The van der Waals surface area contributed by atoms with Crippen LogP contribution in [-0.4, -0.2) is 25.5 Å². The topological polar surface area (TPSA) is 61.8 Å². The van der Waals surface area contributed by atoms with Crippen LogP contribution in [0.2, 0.25) is 0 Å². The molecule has 0 saturated carbocycles. The molecule has 5 nitrogen and oxygen atoms in total. The lowest BCUT2D eigenvalue weighted by atomic mass is 10.1. The largest absolute Gasteiger partial charge is 0.493 e. The smallest absolute Gasteiger partial charge is 0.349 e. The van der Waals surface area contributed by atoms with Crippen LogP contribution in [0.25, 0.3) is 0 Å². The molecule has 0 N–H and O–H groups in total. The molecule has 0 saturated heterocycles. The van der Waals surface area contributed by atoms with E-state index in [1.54, 1.807) is 6.07 Å². The van der Waals surface area contributed by atoms with Gasteiger partial charge in [0.25, 0.3) is 0 Å². The Labute approximate surface area is 141 Å². The van der Waals surface area contributed by atoms with Crippen molar-refractivity contribution in [1.82, 2.24) is 0 Å². The van der Waals surface area contributed by atoms with Gasteiger partial charge in [-0.25, -0.2) is 4.79 Å². The van der Waals surface area contributed by atoms with E-state index >= 15 is 0 Å². The number of Topliss-reactive ketones (excluding diaryl/α,β-unsaturated/α-hetero) is 1. The fourth-order valence-corrected chi connectivity index (χ4v) is 2.28. The van der Waals surface area contributed by atoms with Gasteiger partial charge in [0, 0.05) is 5.56 Å². The summed E-state index contributed by atoms with van der Waals surface area (Å²) in [5, 5.41) is 0. The van der Waals surface area contributed by atoms with Crippen LogP contribution in [0.4, 0.5) is 0 Å². The Hall–Kier alpha value is -2.82. The van der Waals surface area contributed by atoms with Crippen molar-refractivity contribution in [1.29, 1.82) is 0 Å². The van der Waals surface area contributed by atoms with E-state index < -0.39 is 5.97 Å². The van der Waals surface area contributed by atoms with Crippen LogP contribution in [0, 0.1) is 13.8 Å². The maximum atomic E-state index is 12.0. The summed E-state index contributed by atoms with van der Waals surface area (Å²) in [7, 11) is 1.45. The molecule has 126 valence electrons. The van der Waals surface area contributed by atoms with Crippen LogP contribution >= 0.6 is 0 Å². The van der Waals surface area contributed by atoms with Gasteiger partial charge in [0.05, 0.1) is 7.11 Å². The van der Waals surface area contributed by atoms with E-state index in [1.807, 2.05) is 32.0 Å². The average molecular weight is 328 g/mol. The molecule has 0 amide bonds. The molecule has 0 atom stereocenters. The third-order valence-electron chi connectivity index (χ3n) is 3.35. The second kappa shape index (κ2) is 7.64. The number of ether oxygens (including phenoxy) is 3. The zero-order valence-electron chi connectivity index (χ0n) is 14.2. The molecule has 0 fully saturated rings. The van der Waals surface area contributed by atoms with Crippen LogP contribution in [0.5, 0.6) is 17.2 Å². The summed E-state index contributed by atoms with van der Waals surface area (Å²) in [5.74, 6) is 0.537. The van der Waals surface area contributed by atoms with Crippen LogP contribution in [-0.2, 0) is 4.79 Å². The lowest BCUT2D eigenvalue weighted by molar-refractivity contribution is -0.136. The van der Waals surface area contributed by atoms with Gasteiger partial charge in [-0.2, -0.15) is 0 Å². The third-order valence-corrected chi connectivity index (χ3v) is 3.35. The maximum Gasteiger partial charge on any atom is 0.349 e. The highest BCUT2D eigenvalue weighted by molar-refractivity contribution is 5.94. The summed E-state index contributed by atoms with van der Waals surface area (Å²) in [4.78, 5) is 23.4. The first-order valence-electron chi connectivity index (χ1n) is 7.50. The van der Waals surface area contributed by atoms with Crippen molar-refractivity contribution in [3.8, 4) is 17.2 Å². The minimum Gasteiger partial charge on any atom is -0.493 e. The van der Waals surface area contributed by atoms with Gasteiger partial charge < -0.3 is 14.2 Å². The Bertz CT molecular complexity index is 744. The minimum absolute atomic E-state index is 0.0932. The van der Waals surface area contributed by atoms with E-state index in [2.05, 4.69) is 0 Å². The van der Waals surface area contributed by atoms with Crippen molar-refractivity contribution in [2.45, 2.75) is 20.8 Å². The molecular weight excluding hydrogens is 308 g/mol. The van der Waals surface area contributed by atoms with E-state index in [1.165, 1.54) is 26.2 Å². The molecule has 0 aliphatic heterocycles. The fraction of sp³-hybridized carbons (Fsp3) is 0.263. The first-order valence-corrected chi connectivity index (χ1v) is 7.50. The van der Waals surface area contributed by atoms with Crippen LogP contribution < -0.4 is 14.2 Å². The predicted octanol–water partition coefficient (Wildman–Crippen LogP) is 3.50. The Balaban J connectivity index is 2.03. The number of aryl methyl sites for hydroxylation is 2. The summed E-state index contributed by atoms with van der Waals surface area (Å²) in [6, 6.07) is 10.4. The van der Waals surface area contributed by atoms with E-state index in [4.69, 9.17) is 14.2 Å². The molecule has 0 radical (unpaired) electrons. The number of benzene rings is 2. The van der Waals surface area contributed by atoms with Gasteiger partial charge in [0.2, 0.25) is 0 Å². The molecule has 0 unspecified atom stereocenters. The Kier molecular flexibility index (Phi) is 5.58. The number of hydrogen-bond acceptors (Lipinski definition) is 5. The monoisotopic (exact) mass is 328 g/mol. The lowest BCUT2D eigenvalue weighted by Crippen LogP contribution is -2.18. The molecule has 0 heterocycles. The standard InChI is InChI=1S/C19H20O5/c1-12-7-13(2)9-16(8-12)23-11-19(21)24-17-6-5-15(14(3)20)10-18(17)22-4/h5-10H,11H2,1-4H3. The van der Waals surface area contributed by atoms with Gasteiger partial charge in [-0.15, -0.1) is 0 Å². The van der Waals surface area contributed by atoms with E-state index in [-0.39, 0.29) is 18.1 Å². The molecule has 24 heavy (non-hydrogen) atoms. The van der Waals surface area contributed by atoms with Crippen molar-refractivity contribution in [2.75, 3.05) is 13.7 Å². The SMILES string of the molecule is COc1cc(C(C)=O)ccc1OC(=O)COc1cc(C)cc(C)c1. The van der Waals surface area contributed by atoms with Crippen molar-refractivity contribution in [3.05, 3.63) is 53.1 Å². The first-order chi connectivity index (χ1) is 11.4. The predicted molar refractivity (Wildman–Crippen MR) is 90.0 cm³/mol. The average Bonchev–Trinajstić information content (AvgIpc) is 2.52. The van der Waals surface area contributed by atoms with Crippen LogP contribution in [0.3, 0.4) is 0 Å². The van der Waals surface area contributed by atoms with Crippen molar-refractivity contribution in [3.63, 3.8) is 0 Å². The highest BCUT2D eigenvalue weighted by atomic mass is 16.6. The number of carbonyl (C=O) groups excluding carboxylic acids is 2. The first kappa shape index (κ1) is 17.5. The number of carbonyl (C=O) groups is 2. The van der Waals surface area contributed by atoms with Crippen molar-refractivity contribution < 1.29 is 23.8 Å². The highest BCUT2D eigenvalue weighted by Gasteiger charge is 2.13. The number of hydrogen-bond donors (Lipinski definition) is 0. The molecule has 0 bridgehead atoms. The molecule has 0 aliphatic carbocycles. The number of rotatable bonds is 6. The number of methoxy groups -OCH3 is 1. The Morgan fingerprint density at radius 1 is 0.958 bits per heavy atom. The Morgan fingerprint density at radius 2 is 1.62 bits per heavy atom. The van der Waals surface area contributed by atoms with Crippen LogP contribution in [0.15, 0.2) is 36.4 Å². The van der Waals surface area contributed by atoms with E-state index in [9.17, 15) is 9.59 Å². The lowest BCUT2D eigenvalue weighted by Gasteiger charge is -2.11. The van der Waals surface area contributed by atoms with Gasteiger partial charge in [-0.3, -0.25) is 4.79 Å². The summed E-state index contributed by atoms with van der Waals surface area (Å²) >= 11 is 0. The molecule has 0 aliphatic rings. The molecule has 2 aromatic carbocycles. The number of esters is 1.